The number of benzene rings is 1. The van der Waals surface area contributed by atoms with Gasteiger partial charge >= 0.3 is 0 Å². The van der Waals surface area contributed by atoms with Crippen molar-refractivity contribution in [1.82, 2.24) is 15.0 Å². The van der Waals surface area contributed by atoms with E-state index in [-0.39, 0.29) is 0 Å². The Balaban J connectivity index is 1.39. The zero-order chi connectivity index (χ0) is 17.1. The molecule has 2 aromatic rings. The number of carbonyl (C=O) groups excluding carboxylic acids is 1. The Labute approximate surface area is 148 Å². The van der Waals surface area contributed by atoms with E-state index >= 15 is 0 Å². The Bertz CT molecular complexity index is 713. The van der Waals surface area contributed by atoms with E-state index < -0.39 is 0 Å². The first kappa shape index (κ1) is 16.3. The molecule has 4 rings (SSSR count). The van der Waals surface area contributed by atoms with E-state index in [9.17, 15) is 4.79 Å². The lowest BCUT2D eigenvalue weighted by molar-refractivity contribution is -0.137. The number of piperidine rings is 2. The minimum Gasteiger partial charge on any atom is -0.359 e. The van der Waals surface area contributed by atoms with Crippen LogP contribution in [0.15, 0.2) is 40.9 Å². The fourth-order valence-electron chi connectivity index (χ4n) is 3.99. The molecular weight excluding hydrogens is 314 g/mol. The molecule has 0 saturated carbocycles. The highest BCUT2D eigenvalue weighted by Crippen LogP contribution is 2.24. The highest BCUT2D eigenvalue weighted by Gasteiger charge is 2.30. The summed E-state index contributed by atoms with van der Waals surface area (Å²) in [6.45, 7) is 3.68. The highest BCUT2D eigenvalue weighted by atomic mass is 16.5. The van der Waals surface area contributed by atoms with Gasteiger partial charge < -0.3 is 9.42 Å². The molecule has 3 heterocycles. The van der Waals surface area contributed by atoms with Gasteiger partial charge in [0.25, 0.3) is 0 Å². The minimum absolute atomic E-state index is 0.337. The molecule has 5 nitrogen and oxygen atoms in total. The predicted molar refractivity (Wildman–Crippen MR) is 95.8 cm³/mol. The summed E-state index contributed by atoms with van der Waals surface area (Å²) in [5, 5.41) is 4.21. The maximum absolute atomic E-state index is 12.2. The molecular formula is C20H25N3O2. The van der Waals surface area contributed by atoms with E-state index in [1.807, 2.05) is 36.4 Å². The molecule has 0 aliphatic carbocycles. The van der Waals surface area contributed by atoms with Crippen LogP contribution in [0.5, 0.6) is 0 Å². The number of amides is 1. The molecule has 0 radical (unpaired) electrons. The zero-order valence-electron chi connectivity index (χ0n) is 14.6. The minimum atomic E-state index is 0.337. The normalized spacial score (nSPS) is 22.3. The van der Waals surface area contributed by atoms with Crippen molar-refractivity contribution in [1.29, 1.82) is 0 Å². The third-order valence-electron chi connectivity index (χ3n) is 5.29. The van der Waals surface area contributed by atoms with Crippen LogP contribution in [0.25, 0.3) is 11.3 Å². The van der Waals surface area contributed by atoms with Gasteiger partial charge in [-0.1, -0.05) is 35.5 Å². The fourth-order valence-corrected chi connectivity index (χ4v) is 3.99. The van der Waals surface area contributed by atoms with Crippen LogP contribution < -0.4 is 0 Å². The molecule has 1 amide bonds. The Morgan fingerprint density at radius 2 is 2.00 bits per heavy atom. The second kappa shape index (κ2) is 7.40. The summed E-state index contributed by atoms with van der Waals surface area (Å²) in [7, 11) is 0. The van der Waals surface area contributed by atoms with Gasteiger partial charge in [-0.2, -0.15) is 0 Å². The van der Waals surface area contributed by atoms with Crippen molar-refractivity contribution in [3.63, 3.8) is 0 Å². The molecule has 2 aliphatic rings. The first-order valence-corrected chi connectivity index (χ1v) is 9.32. The van der Waals surface area contributed by atoms with E-state index in [1.54, 1.807) is 0 Å². The van der Waals surface area contributed by atoms with Crippen molar-refractivity contribution in [2.75, 3.05) is 19.6 Å². The first-order valence-electron chi connectivity index (χ1n) is 9.32. The largest absolute Gasteiger partial charge is 0.359 e. The van der Waals surface area contributed by atoms with E-state index in [0.29, 0.717) is 11.9 Å². The molecule has 1 aromatic heterocycles. The maximum atomic E-state index is 12.2. The standard InChI is InChI=1S/C20H25N3O2/c24-20-10-4-5-12-23(20)17-9-6-11-22(14-17)15-18-13-19(21-25-18)16-7-2-1-3-8-16/h1-3,7-8,13,17H,4-6,9-12,14-15H2. The number of rotatable bonds is 4. The third-order valence-corrected chi connectivity index (χ3v) is 5.29. The molecule has 2 fully saturated rings. The average molecular weight is 339 g/mol. The molecule has 5 heteroatoms. The smallest absolute Gasteiger partial charge is 0.222 e. The van der Waals surface area contributed by atoms with Gasteiger partial charge in [-0.3, -0.25) is 9.69 Å². The van der Waals surface area contributed by atoms with E-state index in [4.69, 9.17) is 4.52 Å². The molecule has 1 unspecified atom stereocenters. The number of hydrogen-bond donors (Lipinski definition) is 0. The lowest BCUT2D eigenvalue weighted by Gasteiger charge is -2.40. The summed E-state index contributed by atoms with van der Waals surface area (Å²) in [6.07, 6.45) is 5.16. The topological polar surface area (TPSA) is 49.6 Å². The van der Waals surface area contributed by atoms with Gasteiger partial charge in [0.1, 0.15) is 5.69 Å². The van der Waals surface area contributed by atoms with E-state index in [1.165, 1.54) is 0 Å². The Hall–Kier alpha value is -2.14. The average Bonchev–Trinajstić information content (AvgIpc) is 3.12. The summed E-state index contributed by atoms with van der Waals surface area (Å²) in [4.78, 5) is 16.7. The third kappa shape index (κ3) is 3.76. The van der Waals surface area contributed by atoms with Crippen LogP contribution in [-0.2, 0) is 11.3 Å². The maximum Gasteiger partial charge on any atom is 0.222 e. The lowest BCUT2D eigenvalue weighted by Crippen LogP contribution is -2.51. The van der Waals surface area contributed by atoms with Gasteiger partial charge in [-0.05, 0) is 32.2 Å². The Kier molecular flexibility index (Phi) is 4.83. The molecule has 1 aromatic carbocycles. The first-order chi connectivity index (χ1) is 12.3. The number of nitrogens with zero attached hydrogens (tertiary/aromatic N) is 3. The predicted octanol–water partition coefficient (Wildman–Crippen LogP) is 3.32. The summed E-state index contributed by atoms with van der Waals surface area (Å²) < 4.78 is 5.55. The highest BCUT2D eigenvalue weighted by molar-refractivity contribution is 5.77. The van der Waals surface area contributed by atoms with Gasteiger partial charge in [-0.25, -0.2) is 0 Å². The van der Waals surface area contributed by atoms with Crippen LogP contribution in [0.1, 0.15) is 37.9 Å². The van der Waals surface area contributed by atoms with E-state index in [0.717, 1.165) is 75.3 Å². The quantitative estimate of drug-likeness (QED) is 0.857. The van der Waals surface area contributed by atoms with Gasteiger partial charge in [0.2, 0.25) is 5.91 Å². The molecule has 0 N–H and O–H groups in total. The summed E-state index contributed by atoms with van der Waals surface area (Å²) >= 11 is 0. The van der Waals surface area contributed by atoms with Crippen LogP contribution in [-0.4, -0.2) is 46.5 Å². The van der Waals surface area contributed by atoms with Crippen molar-refractivity contribution in [3.05, 3.63) is 42.2 Å². The number of carbonyl (C=O) groups is 1. The van der Waals surface area contributed by atoms with Gasteiger partial charge in [-0.15, -0.1) is 0 Å². The lowest BCUT2D eigenvalue weighted by atomic mass is 10.00. The molecule has 2 saturated heterocycles. The van der Waals surface area contributed by atoms with Crippen molar-refractivity contribution >= 4 is 5.91 Å². The summed E-state index contributed by atoms with van der Waals surface area (Å²) in [6, 6.07) is 12.5. The summed E-state index contributed by atoms with van der Waals surface area (Å²) in [5.74, 6) is 1.23. The number of likely N-dealkylation sites (tertiary alicyclic amines) is 2. The van der Waals surface area contributed by atoms with Crippen LogP contribution >= 0.6 is 0 Å². The van der Waals surface area contributed by atoms with Gasteiger partial charge in [0.05, 0.1) is 6.54 Å². The van der Waals surface area contributed by atoms with Crippen LogP contribution in [0, 0.1) is 0 Å². The second-order valence-corrected chi connectivity index (χ2v) is 7.12. The number of hydrogen-bond acceptors (Lipinski definition) is 4. The Morgan fingerprint density at radius 3 is 2.84 bits per heavy atom. The monoisotopic (exact) mass is 339 g/mol. The van der Waals surface area contributed by atoms with Crippen molar-refractivity contribution in [2.45, 2.75) is 44.7 Å². The second-order valence-electron chi connectivity index (χ2n) is 7.12. The molecule has 0 spiro atoms. The molecule has 0 bridgehead atoms. The van der Waals surface area contributed by atoms with Gasteiger partial charge in [0, 0.05) is 37.2 Å². The van der Waals surface area contributed by atoms with Gasteiger partial charge in [0.15, 0.2) is 5.76 Å². The molecule has 132 valence electrons. The van der Waals surface area contributed by atoms with Crippen LogP contribution in [0.2, 0.25) is 0 Å². The number of aromatic nitrogens is 1. The van der Waals surface area contributed by atoms with Crippen molar-refractivity contribution in [3.8, 4) is 11.3 Å². The fraction of sp³-hybridized carbons (Fsp3) is 0.500. The SMILES string of the molecule is O=C1CCCCN1C1CCCN(Cc2cc(-c3ccccc3)no2)C1. The van der Waals surface area contributed by atoms with E-state index in [2.05, 4.69) is 15.0 Å². The van der Waals surface area contributed by atoms with Crippen molar-refractivity contribution in [2.24, 2.45) is 0 Å². The van der Waals surface area contributed by atoms with Crippen LogP contribution in [0.4, 0.5) is 0 Å². The molecule has 2 aliphatic heterocycles. The van der Waals surface area contributed by atoms with Crippen molar-refractivity contribution < 1.29 is 9.32 Å². The molecule has 25 heavy (non-hydrogen) atoms. The van der Waals surface area contributed by atoms with Crippen LogP contribution in [0.3, 0.4) is 0 Å². The molecule has 1 atom stereocenters. The Morgan fingerprint density at radius 1 is 1.12 bits per heavy atom. The zero-order valence-corrected chi connectivity index (χ0v) is 14.6. The summed E-state index contributed by atoms with van der Waals surface area (Å²) in [5.41, 5.74) is 1.96.